The van der Waals surface area contributed by atoms with E-state index in [1.54, 1.807) is 0 Å². The maximum absolute atomic E-state index is 10.8. The molecule has 2 rings (SSSR count). The molecule has 0 aliphatic heterocycles. The number of hydrogen-bond donors (Lipinski definition) is 1. The molecule has 0 fully saturated rings. The average Bonchev–Trinajstić information content (AvgIpc) is 2.72. The van der Waals surface area contributed by atoms with Crippen LogP contribution in [0.2, 0.25) is 0 Å². The van der Waals surface area contributed by atoms with Crippen LogP contribution in [0.5, 0.6) is 0 Å². The zero-order valence-electron chi connectivity index (χ0n) is 16.4. The van der Waals surface area contributed by atoms with Crippen molar-refractivity contribution >= 4 is 20.1 Å². The second-order valence-corrected chi connectivity index (χ2v) is 7.58. The van der Waals surface area contributed by atoms with E-state index in [4.69, 9.17) is 0 Å². The first kappa shape index (κ1) is 22.1. The Bertz CT molecular complexity index is 741. The minimum absolute atomic E-state index is 0.0635. The molecule has 0 bridgehead atoms. The van der Waals surface area contributed by atoms with Crippen molar-refractivity contribution in [3.8, 4) is 0 Å². The van der Waals surface area contributed by atoms with Crippen LogP contribution in [0, 0.1) is 5.92 Å². The summed E-state index contributed by atoms with van der Waals surface area (Å²) in [6.45, 7) is 7.41. The fourth-order valence-corrected chi connectivity index (χ4v) is 3.81. The number of benzene rings is 2. The van der Waals surface area contributed by atoms with Gasteiger partial charge in [-0.3, -0.25) is 0 Å². The summed E-state index contributed by atoms with van der Waals surface area (Å²) < 4.78 is 1.05. The monoisotopic (exact) mass is 439 g/mol. The summed E-state index contributed by atoms with van der Waals surface area (Å²) in [5, 5.41) is 10.8. The molecule has 28 heavy (non-hydrogen) atoms. The Balaban J connectivity index is 2.26. The van der Waals surface area contributed by atoms with E-state index < -0.39 is 6.10 Å². The van der Waals surface area contributed by atoms with Gasteiger partial charge in [0.2, 0.25) is 0 Å². The molecule has 0 amide bonds. The van der Waals surface area contributed by atoms with E-state index in [0.717, 1.165) is 17.6 Å². The second-order valence-electron chi connectivity index (χ2n) is 6.70. The average molecular weight is 438 g/mol. The molecule has 2 aromatic carbocycles. The second kappa shape index (κ2) is 12.3. The van der Waals surface area contributed by atoms with E-state index in [1.165, 1.54) is 11.1 Å². The van der Waals surface area contributed by atoms with Gasteiger partial charge in [-0.15, -0.1) is 0 Å². The van der Waals surface area contributed by atoms with Crippen molar-refractivity contribution < 1.29 is 5.11 Å². The molecule has 2 atom stereocenters. The standard InChI is InChI=1S/C25H29NOSe/c1-3-5-8-18-24(27)23(13-4-2)25(28)26(19-21-14-9-6-10-15-21)20-22-16-11-7-12-17-22/h3-12,14-18,23-24,27H,2,13,19-20H2,1H3/b5-3+,18-8-/t23-,24+/m0/s1. The fraction of sp³-hybridized carbons (Fsp3) is 0.240. The number of nitrogens with zero attached hydrogens (tertiary/aromatic N) is 1. The molecule has 3 heteroatoms. The van der Waals surface area contributed by atoms with Gasteiger partial charge in [0.25, 0.3) is 0 Å². The van der Waals surface area contributed by atoms with Crippen LogP contribution in [0.3, 0.4) is 0 Å². The molecule has 0 aromatic heterocycles. The van der Waals surface area contributed by atoms with E-state index >= 15 is 0 Å². The maximum atomic E-state index is 10.8. The Morgan fingerprint density at radius 1 is 1.00 bits per heavy atom. The molecule has 0 heterocycles. The summed E-state index contributed by atoms with van der Waals surface area (Å²) in [6.07, 6.45) is 9.60. The first-order chi connectivity index (χ1) is 13.7. The Morgan fingerprint density at radius 3 is 2.00 bits per heavy atom. The predicted octanol–water partition coefficient (Wildman–Crippen LogP) is 4.67. The minimum atomic E-state index is -0.584. The summed E-state index contributed by atoms with van der Waals surface area (Å²) in [6, 6.07) is 20.8. The van der Waals surface area contributed by atoms with Crippen molar-refractivity contribution in [2.24, 2.45) is 5.92 Å². The van der Waals surface area contributed by atoms with Crippen LogP contribution in [0.25, 0.3) is 0 Å². The van der Waals surface area contributed by atoms with Gasteiger partial charge in [0.15, 0.2) is 0 Å². The first-order valence-electron chi connectivity index (χ1n) is 9.60. The van der Waals surface area contributed by atoms with E-state index in [2.05, 4.69) is 75.6 Å². The number of rotatable bonds is 11. The third-order valence-electron chi connectivity index (χ3n) is 4.51. The van der Waals surface area contributed by atoms with E-state index in [9.17, 15) is 5.11 Å². The summed E-state index contributed by atoms with van der Waals surface area (Å²) in [7, 11) is 0. The zero-order valence-corrected chi connectivity index (χ0v) is 18.2. The van der Waals surface area contributed by atoms with E-state index in [-0.39, 0.29) is 5.92 Å². The van der Waals surface area contributed by atoms with Crippen LogP contribution in [-0.2, 0) is 13.1 Å². The van der Waals surface area contributed by atoms with Crippen LogP contribution in [0.1, 0.15) is 24.5 Å². The van der Waals surface area contributed by atoms with Crippen LogP contribution < -0.4 is 0 Å². The van der Waals surface area contributed by atoms with Crippen molar-refractivity contribution in [2.45, 2.75) is 32.5 Å². The quantitative estimate of drug-likeness (QED) is 0.313. The van der Waals surface area contributed by atoms with Gasteiger partial charge in [-0.25, -0.2) is 0 Å². The van der Waals surface area contributed by atoms with Gasteiger partial charge in [-0.2, -0.15) is 0 Å². The molecular formula is C25H29NOSe. The first-order valence-corrected chi connectivity index (χ1v) is 10.5. The number of aliphatic hydroxyl groups excluding tert-OH is 1. The molecule has 0 aliphatic carbocycles. The van der Waals surface area contributed by atoms with Crippen molar-refractivity contribution in [3.05, 3.63) is 109 Å². The molecule has 146 valence electrons. The number of aliphatic hydroxyl groups is 1. The molecule has 0 aliphatic rings. The summed E-state index contributed by atoms with van der Waals surface area (Å²) in [5.41, 5.74) is 2.48. The Hall–Kier alpha value is -2.19. The molecule has 0 saturated carbocycles. The third-order valence-corrected chi connectivity index (χ3v) is 5.68. The Morgan fingerprint density at radius 2 is 1.54 bits per heavy atom. The van der Waals surface area contributed by atoms with Crippen LogP contribution in [0.15, 0.2) is 97.6 Å². The molecule has 0 radical (unpaired) electrons. The topological polar surface area (TPSA) is 23.5 Å². The van der Waals surface area contributed by atoms with Crippen molar-refractivity contribution in [3.63, 3.8) is 0 Å². The summed E-state index contributed by atoms with van der Waals surface area (Å²) in [4.78, 5) is 2.31. The Labute approximate surface area is 177 Å². The molecule has 1 N–H and O–H groups in total. The van der Waals surface area contributed by atoms with Gasteiger partial charge in [-0.1, -0.05) is 0 Å². The van der Waals surface area contributed by atoms with Gasteiger partial charge in [-0.05, 0) is 0 Å². The molecule has 0 saturated heterocycles. The van der Waals surface area contributed by atoms with Gasteiger partial charge in [0.05, 0.1) is 0 Å². The van der Waals surface area contributed by atoms with Gasteiger partial charge in [0, 0.05) is 0 Å². The summed E-state index contributed by atoms with van der Waals surface area (Å²) >= 11 is 3.26. The van der Waals surface area contributed by atoms with Crippen LogP contribution >= 0.6 is 0 Å². The molecule has 2 nitrogen and oxygen atoms in total. The van der Waals surface area contributed by atoms with E-state index in [1.807, 2.05) is 49.4 Å². The molecule has 0 spiro atoms. The van der Waals surface area contributed by atoms with E-state index in [0.29, 0.717) is 6.42 Å². The van der Waals surface area contributed by atoms with Crippen LogP contribution in [0.4, 0.5) is 0 Å². The van der Waals surface area contributed by atoms with Crippen molar-refractivity contribution in [2.75, 3.05) is 0 Å². The SMILES string of the molecule is C=CC[C@H](C(=[Se])N(Cc1ccccc1)Cc1ccccc1)[C@H](O)/C=C\C=C\C. The third kappa shape index (κ3) is 7.09. The Kier molecular flexibility index (Phi) is 9.71. The molecular weight excluding hydrogens is 409 g/mol. The van der Waals surface area contributed by atoms with Gasteiger partial charge >= 0.3 is 177 Å². The van der Waals surface area contributed by atoms with Gasteiger partial charge in [0.1, 0.15) is 0 Å². The molecule has 2 aromatic rings. The number of allylic oxidation sites excluding steroid dienone is 4. The van der Waals surface area contributed by atoms with Gasteiger partial charge < -0.3 is 0 Å². The number of hydrogen-bond acceptors (Lipinski definition) is 2. The van der Waals surface area contributed by atoms with Crippen molar-refractivity contribution in [1.82, 2.24) is 4.90 Å². The fourth-order valence-electron chi connectivity index (χ4n) is 3.04. The summed E-state index contributed by atoms with van der Waals surface area (Å²) in [5.74, 6) is -0.0635. The predicted molar refractivity (Wildman–Crippen MR) is 121 cm³/mol. The zero-order chi connectivity index (χ0) is 20.2. The van der Waals surface area contributed by atoms with Crippen LogP contribution in [-0.4, -0.2) is 36.2 Å². The normalized spacial score (nSPS) is 13.5. The molecule has 0 unspecified atom stereocenters. The van der Waals surface area contributed by atoms with Crippen molar-refractivity contribution in [1.29, 1.82) is 0 Å².